The lowest BCUT2D eigenvalue weighted by molar-refractivity contribution is 0.103. The van der Waals surface area contributed by atoms with Crippen LogP contribution in [0.15, 0.2) is 54.9 Å². The molecule has 0 aliphatic carbocycles. The maximum Gasteiger partial charge on any atom is 0.471 e. The number of rotatable bonds is 9. The van der Waals surface area contributed by atoms with E-state index in [1.165, 1.54) is 11.1 Å². The number of halogens is 3. The monoisotopic (exact) mass is 535 g/mol. The SMILES string of the molecule is CCCN(COP(=O)(O)O)c1ccc(F)c(C(=O)c2c[nH]c3ncc(-c4ccc(Cl)cc4)cc23)c1F. The second-order valence-corrected chi connectivity index (χ2v) is 9.60. The molecule has 0 spiro atoms. The quantitative estimate of drug-likeness (QED) is 0.143. The third-order valence-corrected chi connectivity index (χ3v) is 6.17. The van der Waals surface area contributed by atoms with E-state index >= 15 is 4.39 Å². The number of carbonyl (C=O) groups excluding carboxylic acids is 1. The minimum atomic E-state index is -4.84. The fourth-order valence-electron chi connectivity index (χ4n) is 3.79. The van der Waals surface area contributed by atoms with Gasteiger partial charge in [-0.25, -0.2) is 18.3 Å². The third kappa shape index (κ3) is 5.48. The predicted molar refractivity (Wildman–Crippen MR) is 132 cm³/mol. The molecule has 4 aromatic rings. The van der Waals surface area contributed by atoms with Crippen LogP contribution in [-0.2, 0) is 9.09 Å². The molecule has 36 heavy (non-hydrogen) atoms. The van der Waals surface area contributed by atoms with Crippen molar-refractivity contribution in [2.45, 2.75) is 13.3 Å². The zero-order valence-corrected chi connectivity index (χ0v) is 20.6. The summed E-state index contributed by atoms with van der Waals surface area (Å²) < 4.78 is 46.0. The molecular weight excluding hydrogens is 515 g/mol. The van der Waals surface area contributed by atoms with Crippen molar-refractivity contribution in [3.8, 4) is 11.1 Å². The number of ketones is 1. The predicted octanol–water partition coefficient (Wildman–Crippen LogP) is 5.68. The fourth-order valence-corrected chi connectivity index (χ4v) is 4.21. The average Bonchev–Trinajstić information content (AvgIpc) is 3.25. The van der Waals surface area contributed by atoms with Gasteiger partial charge in [0.15, 0.2) is 5.82 Å². The number of phosphoric acid groups is 1. The molecule has 0 fully saturated rings. The number of carbonyl (C=O) groups is 1. The van der Waals surface area contributed by atoms with Gasteiger partial charge < -0.3 is 19.7 Å². The van der Waals surface area contributed by atoms with E-state index in [9.17, 15) is 13.8 Å². The zero-order valence-electron chi connectivity index (χ0n) is 18.9. The Labute approximate surface area is 209 Å². The summed E-state index contributed by atoms with van der Waals surface area (Å²) in [6.07, 6.45) is 3.39. The molecule has 188 valence electrons. The van der Waals surface area contributed by atoms with Crippen molar-refractivity contribution in [2.24, 2.45) is 0 Å². The van der Waals surface area contributed by atoms with Crippen LogP contribution in [0, 0.1) is 11.6 Å². The third-order valence-electron chi connectivity index (χ3n) is 5.47. The summed E-state index contributed by atoms with van der Waals surface area (Å²) in [5, 5.41) is 0.923. The molecule has 12 heteroatoms. The van der Waals surface area contributed by atoms with Gasteiger partial charge in [0.1, 0.15) is 18.2 Å². The van der Waals surface area contributed by atoms with Crippen LogP contribution in [0.2, 0.25) is 5.02 Å². The van der Waals surface area contributed by atoms with Gasteiger partial charge in [-0.15, -0.1) is 0 Å². The first-order valence-corrected chi connectivity index (χ1v) is 12.7. The molecule has 0 unspecified atom stereocenters. The minimum absolute atomic E-state index is 0.0109. The van der Waals surface area contributed by atoms with Gasteiger partial charge >= 0.3 is 7.82 Å². The second-order valence-electron chi connectivity index (χ2n) is 7.93. The number of benzene rings is 2. The molecule has 0 aliphatic heterocycles. The number of nitrogens with one attached hydrogen (secondary N) is 1. The van der Waals surface area contributed by atoms with E-state index in [-0.39, 0.29) is 17.8 Å². The molecule has 2 aromatic carbocycles. The molecule has 0 saturated carbocycles. The van der Waals surface area contributed by atoms with Crippen LogP contribution in [0.4, 0.5) is 14.5 Å². The van der Waals surface area contributed by atoms with Crippen LogP contribution in [0.3, 0.4) is 0 Å². The highest BCUT2D eigenvalue weighted by Crippen LogP contribution is 2.37. The number of nitrogens with zero attached hydrogens (tertiary/aromatic N) is 2. The number of H-pyrrole nitrogens is 1. The van der Waals surface area contributed by atoms with Crippen molar-refractivity contribution in [3.05, 3.63) is 82.6 Å². The highest BCUT2D eigenvalue weighted by atomic mass is 35.5. The normalized spacial score (nSPS) is 11.7. The number of hydrogen-bond donors (Lipinski definition) is 3. The molecule has 3 N–H and O–H groups in total. The van der Waals surface area contributed by atoms with E-state index in [0.717, 1.165) is 17.7 Å². The summed E-state index contributed by atoms with van der Waals surface area (Å²) in [6, 6.07) is 10.7. The van der Waals surface area contributed by atoms with Crippen LogP contribution in [0.5, 0.6) is 0 Å². The summed E-state index contributed by atoms with van der Waals surface area (Å²) in [6.45, 7) is 1.24. The topological polar surface area (TPSA) is 116 Å². The van der Waals surface area contributed by atoms with Crippen molar-refractivity contribution < 1.29 is 32.5 Å². The Balaban J connectivity index is 1.76. The molecule has 0 radical (unpaired) electrons. The Morgan fingerprint density at radius 3 is 2.56 bits per heavy atom. The van der Waals surface area contributed by atoms with Gasteiger partial charge in [-0.1, -0.05) is 30.7 Å². The van der Waals surface area contributed by atoms with Gasteiger partial charge in [0.05, 0.1) is 11.3 Å². The van der Waals surface area contributed by atoms with Crippen molar-refractivity contribution in [1.82, 2.24) is 9.97 Å². The lowest BCUT2D eigenvalue weighted by Gasteiger charge is -2.25. The number of pyridine rings is 1. The average molecular weight is 536 g/mol. The number of anilines is 1. The molecule has 2 aromatic heterocycles. The van der Waals surface area contributed by atoms with E-state index in [2.05, 4.69) is 14.5 Å². The van der Waals surface area contributed by atoms with Crippen LogP contribution >= 0.6 is 19.4 Å². The molecule has 0 aliphatic rings. The molecule has 0 amide bonds. The lowest BCUT2D eigenvalue weighted by Crippen LogP contribution is -2.28. The molecule has 8 nitrogen and oxygen atoms in total. The minimum Gasteiger partial charge on any atom is -0.346 e. The molecule has 0 bridgehead atoms. The van der Waals surface area contributed by atoms with Crippen LogP contribution in [0.25, 0.3) is 22.2 Å². The van der Waals surface area contributed by atoms with Gasteiger partial charge in [-0.2, -0.15) is 0 Å². The van der Waals surface area contributed by atoms with E-state index in [0.29, 0.717) is 28.0 Å². The Morgan fingerprint density at radius 2 is 1.89 bits per heavy atom. The van der Waals surface area contributed by atoms with E-state index in [4.69, 9.17) is 21.4 Å². The zero-order chi connectivity index (χ0) is 26.0. The first-order chi connectivity index (χ1) is 17.1. The van der Waals surface area contributed by atoms with E-state index in [1.807, 2.05) is 0 Å². The summed E-state index contributed by atoms with van der Waals surface area (Å²) in [4.78, 5) is 39.8. The van der Waals surface area contributed by atoms with Gasteiger partial charge in [0.25, 0.3) is 0 Å². The number of phosphoric ester groups is 1. The number of aromatic amines is 1. The lowest BCUT2D eigenvalue weighted by atomic mass is 9.99. The summed E-state index contributed by atoms with van der Waals surface area (Å²) in [5.41, 5.74) is 0.796. The van der Waals surface area contributed by atoms with Gasteiger partial charge in [-0.3, -0.25) is 9.32 Å². The maximum atomic E-state index is 15.6. The van der Waals surface area contributed by atoms with E-state index in [1.54, 1.807) is 43.5 Å². The molecular formula is C24H21ClF2N3O5P. The van der Waals surface area contributed by atoms with Crippen molar-refractivity contribution in [3.63, 3.8) is 0 Å². The van der Waals surface area contributed by atoms with Crippen LogP contribution in [-0.4, -0.2) is 38.8 Å². The van der Waals surface area contributed by atoms with Crippen LogP contribution < -0.4 is 4.90 Å². The number of hydrogen-bond acceptors (Lipinski definition) is 5. The Bertz CT molecular complexity index is 1470. The van der Waals surface area contributed by atoms with Crippen molar-refractivity contribution in [1.29, 1.82) is 0 Å². The van der Waals surface area contributed by atoms with Gasteiger partial charge in [0.2, 0.25) is 5.78 Å². The Hall–Kier alpha value is -3.14. The maximum absolute atomic E-state index is 15.6. The molecule has 4 rings (SSSR count). The molecule has 0 saturated heterocycles. The first kappa shape index (κ1) is 25.9. The van der Waals surface area contributed by atoms with Gasteiger partial charge in [0, 0.05) is 40.5 Å². The summed E-state index contributed by atoms with van der Waals surface area (Å²) in [7, 11) is -4.84. The highest BCUT2D eigenvalue weighted by molar-refractivity contribution is 7.46. The van der Waals surface area contributed by atoms with Crippen molar-refractivity contribution >= 4 is 41.9 Å². The second kappa shape index (κ2) is 10.5. The first-order valence-electron chi connectivity index (χ1n) is 10.8. The summed E-state index contributed by atoms with van der Waals surface area (Å²) >= 11 is 5.95. The van der Waals surface area contributed by atoms with Crippen LogP contribution in [0.1, 0.15) is 29.3 Å². The van der Waals surface area contributed by atoms with Gasteiger partial charge in [-0.05, 0) is 42.3 Å². The highest BCUT2D eigenvalue weighted by Gasteiger charge is 2.27. The van der Waals surface area contributed by atoms with Crippen molar-refractivity contribution in [2.75, 3.05) is 18.2 Å². The number of aromatic nitrogens is 2. The fraction of sp³-hybridized carbons (Fsp3) is 0.167. The smallest absolute Gasteiger partial charge is 0.346 e. The Morgan fingerprint density at radius 1 is 1.17 bits per heavy atom. The number of fused-ring (bicyclic) bond motifs is 1. The molecule has 0 atom stereocenters. The molecule has 2 heterocycles. The van der Waals surface area contributed by atoms with E-state index < -0.39 is 37.5 Å². The Kier molecular flexibility index (Phi) is 7.54. The standard InChI is InChI=1S/C24H21ClF2N3O5P/c1-2-9-30(13-35-36(32,33)34)20-8-7-19(26)21(22(20)27)23(31)18-12-29-24-17(18)10-15(11-28-24)14-3-5-16(25)6-4-14/h3-8,10-12H,2,9,13H2,1H3,(H,28,29)(H2,32,33,34). The summed E-state index contributed by atoms with van der Waals surface area (Å²) in [5.74, 6) is -3.16. The largest absolute Gasteiger partial charge is 0.471 e.